The van der Waals surface area contributed by atoms with Gasteiger partial charge in [0.1, 0.15) is 5.75 Å². The maximum absolute atomic E-state index is 11.3. The third kappa shape index (κ3) is 4.23. The maximum atomic E-state index is 11.3. The lowest BCUT2D eigenvalue weighted by atomic mass is 10.0. The number of rotatable bonds is 7. The van der Waals surface area contributed by atoms with Crippen LogP contribution in [0.1, 0.15) is 32.3 Å². The number of fused-ring (bicyclic) bond motifs is 1. The summed E-state index contributed by atoms with van der Waals surface area (Å²) in [6.45, 7) is 7.10. The van der Waals surface area contributed by atoms with Crippen LogP contribution in [0, 0.1) is 5.92 Å². The molecule has 0 bridgehead atoms. The number of amides is 1. The van der Waals surface area contributed by atoms with Gasteiger partial charge in [-0.3, -0.25) is 4.79 Å². The van der Waals surface area contributed by atoms with Gasteiger partial charge in [0.05, 0.1) is 6.61 Å². The van der Waals surface area contributed by atoms with Crippen molar-refractivity contribution < 1.29 is 9.53 Å². The van der Waals surface area contributed by atoms with E-state index in [1.807, 2.05) is 18.2 Å². The van der Waals surface area contributed by atoms with E-state index in [0.717, 1.165) is 37.4 Å². The minimum Gasteiger partial charge on any atom is -0.493 e. The van der Waals surface area contributed by atoms with Crippen LogP contribution < -0.4 is 15.4 Å². The summed E-state index contributed by atoms with van der Waals surface area (Å²) in [6, 6.07) is 5.90. The predicted molar refractivity (Wildman–Crippen MR) is 81.2 cm³/mol. The second-order valence-electron chi connectivity index (χ2n) is 5.49. The van der Waals surface area contributed by atoms with Crippen molar-refractivity contribution in [2.45, 2.75) is 33.1 Å². The molecule has 0 saturated heterocycles. The number of hydrogen-bond donors (Lipinski definition) is 2. The molecule has 20 heavy (non-hydrogen) atoms. The minimum absolute atomic E-state index is 0.0989. The van der Waals surface area contributed by atoms with Crippen molar-refractivity contribution >= 4 is 11.6 Å². The molecule has 1 aliphatic rings. The number of benzene rings is 1. The maximum Gasteiger partial charge on any atom is 0.224 e. The fraction of sp³-hybridized carbons (Fsp3) is 0.562. The standard InChI is InChI=1S/C16H24N2O2/c1-3-8-17-10-12(2)11-20-14-5-6-15-13(9-14)4-7-16(19)18-15/h5-6,9,12,17H,3-4,7-8,10-11H2,1-2H3,(H,18,19). The normalized spacial score (nSPS) is 15.4. The highest BCUT2D eigenvalue weighted by atomic mass is 16.5. The van der Waals surface area contributed by atoms with Crippen LogP contribution in [0.15, 0.2) is 18.2 Å². The van der Waals surface area contributed by atoms with E-state index in [0.29, 0.717) is 18.9 Å². The van der Waals surface area contributed by atoms with Crippen molar-refractivity contribution in [3.05, 3.63) is 23.8 Å². The van der Waals surface area contributed by atoms with E-state index in [-0.39, 0.29) is 5.91 Å². The van der Waals surface area contributed by atoms with E-state index in [2.05, 4.69) is 24.5 Å². The van der Waals surface area contributed by atoms with Crippen molar-refractivity contribution in [2.24, 2.45) is 5.92 Å². The lowest BCUT2D eigenvalue weighted by molar-refractivity contribution is -0.116. The highest BCUT2D eigenvalue weighted by molar-refractivity contribution is 5.93. The fourth-order valence-electron chi connectivity index (χ4n) is 2.27. The predicted octanol–water partition coefficient (Wildman–Crippen LogP) is 2.59. The molecule has 1 aromatic rings. The first-order valence-electron chi connectivity index (χ1n) is 7.45. The summed E-state index contributed by atoms with van der Waals surface area (Å²) in [7, 11) is 0. The first-order chi connectivity index (χ1) is 9.69. The number of nitrogens with one attached hydrogen (secondary N) is 2. The van der Waals surface area contributed by atoms with Gasteiger partial charge in [0.25, 0.3) is 0 Å². The highest BCUT2D eigenvalue weighted by Crippen LogP contribution is 2.26. The number of hydrogen-bond acceptors (Lipinski definition) is 3. The monoisotopic (exact) mass is 276 g/mol. The minimum atomic E-state index is 0.0989. The molecule has 0 aliphatic carbocycles. The second kappa shape index (κ2) is 7.29. The molecule has 0 fully saturated rings. The van der Waals surface area contributed by atoms with Crippen molar-refractivity contribution in [2.75, 3.05) is 25.0 Å². The smallest absolute Gasteiger partial charge is 0.224 e. The Bertz CT molecular complexity index is 460. The molecule has 0 spiro atoms. The summed E-state index contributed by atoms with van der Waals surface area (Å²) in [5, 5.41) is 6.28. The van der Waals surface area contributed by atoms with Crippen LogP contribution in [0.25, 0.3) is 0 Å². The van der Waals surface area contributed by atoms with E-state index < -0.39 is 0 Å². The fourth-order valence-corrected chi connectivity index (χ4v) is 2.27. The Labute approximate surface area is 120 Å². The summed E-state index contributed by atoms with van der Waals surface area (Å²) in [6.07, 6.45) is 2.52. The van der Waals surface area contributed by atoms with Crippen molar-refractivity contribution in [3.63, 3.8) is 0 Å². The van der Waals surface area contributed by atoms with Crippen LogP contribution in [0.4, 0.5) is 5.69 Å². The second-order valence-corrected chi connectivity index (χ2v) is 5.49. The van der Waals surface area contributed by atoms with Gasteiger partial charge in [-0.2, -0.15) is 0 Å². The zero-order valence-corrected chi connectivity index (χ0v) is 12.4. The van der Waals surface area contributed by atoms with E-state index >= 15 is 0 Å². The Hall–Kier alpha value is -1.55. The molecular formula is C16H24N2O2. The molecule has 1 atom stereocenters. The Morgan fingerprint density at radius 2 is 2.25 bits per heavy atom. The number of ether oxygens (including phenoxy) is 1. The third-order valence-corrected chi connectivity index (χ3v) is 3.43. The van der Waals surface area contributed by atoms with Crippen LogP contribution in [0.2, 0.25) is 0 Å². The summed E-state index contributed by atoms with van der Waals surface area (Å²) in [4.78, 5) is 11.3. The van der Waals surface area contributed by atoms with E-state index in [1.165, 1.54) is 5.56 Å². The van der Waals surface area contributed by atoms with Gasteiger partial charge in [0.2, 0.25) is 5.91 Å². The molecule has 1 heterocycles. The Balaban J connectivity index is 1.83. The van der Waals surface area contributed by atoms with Crippen LogP contribution >= 0.6 is 0 Å². The molecule has 2 rings (SSSR count). The molecule has 1 unspecified atom stereocenters. The molecule has 4 heteroatoms. The molecule has 0 aromatic heterocycles. The SMILES string of the molecule is CCCNCC(C)COc1ccc2c(c1)CCC(=O)N2. The molecule has 0 saturated carbocycles. The van der Waals surface area contributed by atoms with Crippen LogP contribution in [-0.4, -0.2) is 25.6 Å². The summed E-state index contributed by atoms with van der Waals surface area (Å²) in [5.41, 5.74) is 2.09. The molecule has 2 N–H and O–H groups in total. The topological polar surface area (TPSA) is 50.4 Å². The van der Waals surface area contributed by atoms with E-state index in [1.54, 1.807) is 0 Å². The first kappa shape index (κ1) is 14.9. The van der Waals surface area contributed by atoms with Crippen molar-refractivity contribution in [1.82, 2.24) is 5.32 Å². The molecule has 110 valence electrons. The van der Waals surface area contributed by atoms with Crippen LogP contribution in [0.5, 0.6) is 5.75 Å². The van der Waals surface area contributed by atoms with Gasteiger partial charge in [-0.25, -0.2) is 0 Å². The molecule has 1 amide bonds. The Morgan fingerprint density at radius 3 is 3.05 bits per heavy atom. The van der Waals surface area contributed by atoms with Gasteiger partial charge < -0.3 is 15.4 Å². The number of anilines is 1. The summed E-state index contributed by atoms with van der Waals surface area (Å²) < 4.78 is 5.84. The highest BCUT2D eigenvalue weighted by Gasteiger charge is 2.15. The van der Waals surface area contributed by atoms with Gasteiger partial charge in [0, 0.05) is 24.6 Å². The van der Waals surface area contributed by atoms with Crippen molar-refractivity contribution in [1.29, 1.82) is 0 Å². The van der Waals surface area contributed by atoms with E-state index in [9.17, 15) is 4.79 Å². The molecular weight excluding hydrogens is 252 g/mol. The summed E-state index contributed by atoms with van der Waals surface area (Å²) >= 11 is 0. The molecule has 1 aromatic carbocycles. The van der Waals surface area contributed by atoms with Crippen molar-refractivity contribution in [3.8, 4) is 5.75 Å². The van der Waals surface area contributed by atoms with Gasteiger partial charge in [-0.1, -0.05) is 13.8 Å². The average molecular weight is 276 g/mol. The van der Waals surface area contributed by atoms with Gasteiger partial charge in [0.15, 0.2) is 0 Å². The van der Waals surface area contributed by atoms with Gasteiger partial charge in [-0.15, -0.1) is 0 Å². The number of carbonyl (C=O) groups is 1. The van der Waals surface area contributed by atoms with Gasteiger partial charge in [-0.05, 0) is 43.1 Å². The first-order valence-corrected chi connectivity index (χ1v) is 7.45. The van der Waals surface area contributed by atoms with E-state index in [4.69, 9.17) is 4.74 Å². The Kier molecular flexibility index (Phi) is 5.41. The third-order valence-electron chi connectivity index (χ3n) is 3.43. The van der Waals surface area contributed by atoms with Crippen LogP contribution in [-0.2, 0) is 11.2 Å². The van der Waals surface area contributed by atoms with Crippen LogP contribution in [0.3, 0.4) is 0 Å². The Morgan fingerprint density at radius 1 is 1.40 bits per heavy atom. The number of aryl methyl sites for hydroxylation is 1. The summed E-state index contributed by atoms with van der Waals surface area (Å²) in [5.74, 6) is 1.47. The quantitative estimate of drug-likeness (QED) is 0.753. The molecule has 1 aliphatic heterocycles. The molecule has 0 radical (unpaired) electrons. The average Bonchev–Trinajstić information content (AvgIpc) is 2.45. The molecule has 4 nitrogen and oxygen atoms in total. The number of carbonyl (C=O) groups excluding carboxylic acids is 1. The lowest BCUT2D eigenvalue weighted by Gasteiger charge is -2.19. The van der Waals surface area contributed by atoms with Gasteiger partial charge >= 0.3 is 0 Å². The zero-order chi connectivity index (χ0) is 14.4. The zero-order valence-electron chi connectivity index (χ0n) is 12.4. The lowest BCUT2D eigenvalue weighted by Crippen LogP contribution is -2.25. The largest absolute Gasteiger partial charge is 0.493 e.